The van der Waals surface area contributed by atoms with E-state index in [9.17, 15) is 14.9 Å². The fourth-order valence-corrected chi connectivity index (χ4v) is 6.19. The van der Waals surface area contributed by atoms with Crippen molar-refractivity contribution in [1.29, 1.82) is 10.5 Å². The van der Waals surface area contributed by atoms with E-state index in [-0.39, 0.29) is 10.5 Å². The van der Waals surface area contributed by atoms with Crippen molar-refractivity contribution in [3.05, 3.63) is 65.5 Å². The van der Waals surface area contributed by atoms with Gasteiger partial charge in [-0.1, -0.05) is 17.8 Å². The molecule has 4 aromatic rings. The van der Waals surface area contributed by atoms with E-state index in [0.29, 0.717) is 28.1 Å². The van der Waals surface area contributed by atoms with Gasteiger partial charge in [-0.05, 0) is 64.9 Å². The molecule has 1 fully saturated rings. The van der Waals surface area contributed by atoms with Gasteiger partial charge in [0.15, 0.2) is 0 Å². The van der Waals surface area contributed by atoms with Gasteiger partial charge < -0.3 is 4.90 Å². The molecular weight excluding hydrogens is 473 g/mol. The lowest BCUT2D eigenvalue weighted by molar-refractivity contribution is 0.188. The molecule has 1 aliphatic carbocycles. The van der Waals surface area contributed by atoms with E-state index in [4.69, 9.17) is 5.10 Å². The number of rotatable bonds is 5. The molecule has 3 heterocycles. The summed E-state index contributed by atoms with van der Waals surface area (Å²) in [6, 6.07) is 11.6. The topological polar surface area (TPSA) is 85.9 Å². The molecule has 1 aliphatic rings. The molecule has 182 valence electrons. The van der Waals surface area contributed by atoms with E-state index >= 15 is 0 Å². The van der Waals surface area contributed by atoms with Gasteiger partial charge >= 0.3 is 0 Å². The molecule has 0 amide bonds. The largest absolute Gasteiger partial charge is 0.306 e. The molecule has 0 saturated heterocycles. The lowest BCUT2D eigenvalue weighted by Gasteiger charge is -2.33. The summed E-state index contributed by atoms with van der Waals surface area (Å²) in [4.78, 5) is 3.19. The van der Waals surface area contributed by atoms with Crippen LogP contribution in [-0.2, 0) is 0 Å². The van der Waals surface area contributed by atoms with E-state index in [2.05, 4.69) is 47.8 Å². The number of fused-ring (bicyclic) bond motifs is 1. The summed E-state index contributed by atoms with van der Waals surface area (Å²) >= 11 is 1.14. The Labute approximate surface area is 213 Å². The number of hydrogen-bond donors (Lipinski definition) is 0. The van der Waals surface area contributed by atoms with Gasteiger partial charge in [0.2, 0.25) is 0 Å². The Bertz CT molecular complexity index is 1510. The average Bonchev–Trinajstić information content (AvgIpc) is 3.48. The second kappa shape index (κ2) is 9.77. The molecule has 0 bridgehead atoms. The van der Waals surface area contributed by atoms with Crippen molar-refractivity contribution in [3.8, 4) is 23.3 Å². The van der Waals surface area contributed by atoms with Gasteiger partial charge in [0.25, 0.3) is 0 Å². The number of hydrogen-bond acceptors (Lipinski definition) is 6. The van der Waals surface area contributed by atoms with Crippen molar-refractivity contribution < 1.29 is 4.39 Å². The smallest absolute Gasteiger partial charge is 0.138 e. The van der Waals surface area contributed by atoms with Gasteiger partial charge in [0.1, 0.15) is 18.0 Å². The van der Waals surface area contributed by atoms with E-state index < -0.39 is 5.82 Å². The van der Waals surface area contributed by atoms with Gasteiger partial charge in [0, 0.05) is 34.0 Å². The van der Waals surface area contributed by atoms with Crippen LogP contribution in [0.5, 0.6) is 0 Å². The van der Waals surface area contributed by atoms with Crippen LogP contribution in [0.1, 0.15) is 48.5 Å². The van der Waals surface area contributed by atoms with Crippen LogP contribution in [-0.4, -0.2) is 44.4 Å². The fourth-order valence-electron chi connectivity index (χ4n) is 5.10. The van der Waals surface area contributed by atoms with Crippen molar-refractivity contribution in [2.24, 2.45) is 0 Å². The molecule has 3 aromatic heterocycles. The van der Waals surface area contributed by atoms with Crippen molar-refractivity contribution in [3.63, 3.8) is 0 Å². The summed E-state index contributed by atoms with van der Waals surface area (Å²) in [7, 11) is 4.28. The first-order valence-electron chi connectivity index (χ1n) is 11.9. The van der Waals surface area contributed by atoms with Crippen LogP contribution in [0.2, 0.25) is 0 Å². The summed E-state index contributed by atoms with van der Waals surface area (Å²) in [5, 5.41) is 28.3. The number of benzene rings is 1. The van der Waals surface area contributed by atoms with Crippen molar-refractivity contribution in [2.75, 3.05) is 14.1 Å². The Hall–Kier alpha value is -3.66. The van der Waals surface area contributed by atoms with Gasteiger partial charge in [-0.25, -0.2) is 8.91 Å². The van der Waals surface area contributed by atoms with Crippen LogP contribution in [0, 0.1) is 35.4 Å². The lowest BCUT2D eigenvalue weighted by Crippen LogP contribution is -2.33. The van der Waals surface area contributed by atoms with Crippen LogP contribution in [0.15, 0.2) is 52.6 Å². The highest BCUT2D eigenvalue weighted by molar-refractivity contribution is 7.99. The van der Waals surface area contributed by atoms with Gasteiger partial charge in [0.05, 0.1) is 40.0 Å². The second-order valence-electron chi connectivity index (χ2n) is 9.40. The Balaban J connectivity index is 1.56. The lowest BCUT2D eigenvalue weighted by atomic mass is 9.90. The maximum Gasteiger partial charge on any atom is 0.138 e. The van der Waals surface area contributed by atoms with Crippen LogP contribution < -0.4 is 0 Å². The van der Waals surface area contributed by atoms with Gasteiger partial charge in [-0.15, -0.1) is 0 Å². The first-order chi connectivity index (χ1) is 17.4. The van der Waals surface area contributed by atoms with E-state index in [1.807, 2.05) is 18.5 Å². The predicted octanol–water partition coefficient (Wildman–Crippen LogP) is 5.59. The Kier molecular flexibility index (Phi) is 6.53. The zero-order chi connectivity index (χ0) is 25.4. The van der Waals surface area contributed by atoms with E-state index in [1.54, 1.807) is 10.6 Å². The first-order valence-corrected chi connectivity index (χ1v) is 12.7. The third-order valence-electron chi connectivity index (χ3n) is 7.09. The minimum absolute atomic E-state index is 0.231. The van der Waals surface area contributed by atoms with Crippen molar-refractivity contribution in [2.45, 2.75) is 54.5 Å². The molecule has 0 radical (unpaired) electrons. The van der Waals surface area contributed by atoms with Crippen molar-refractivity contribution in [1.82, 2.24) is 24.3 Å². The molecule has 1 saturated carbocycles. The van der Waals surface area contributed by atoms with Crippen LogP contribution >= 0.6 is 11.8 Å². The molecule has 7 nitrogen and oxygen atoms in total. The first kappa shape index (κ1) is 24.1. The van der Waals surface area contributed by atoms with Gasteiger partial charge in [-0.2, -0.15) is 20.7 Å². The molecular formula is C27H26FN7S. The summed E-state index contributed by atoms with van der Waals surface area (Å²) in [5.74, 6) is -0.474. The minimum Gasteiger partial charge on any atom is -0.306 e. The SMILES string of the molecule is Cc1c(-c2cc(Sc3c(F)cccc3C#N)c3c(C#N)cnn3c2)cnn1C1CCC(N(C)C)CC1. The minimum atomic E-state index is -0.474. The van der Waals surface area contributed by atoms with E-state index in [0.717, 1.165) is 54.3 Å². The van der Waals surface area contributed by atoms with Gasteiger partial charge in [-0.3, -0.25) is 4.68 Å². The molecule has 36 heavy (non-hydrogen) atoms. The molecule has 1 aromatic carbocycles. The fraction of sp³-hybridized carbons (Fsp3) is 0.333. The standard InChI is InChI=1S/C27H26FN7S/c1-17-23(15-32-35(17)22-9-7-21(8-10-22)33(2)3)19-11-25(26-20(13-30)14-31-34(26)16-19)36-27-18(12-29)5-4-6-24(27)28/h4-6,11,14-16,21-22H,7-10H2,1-3H3. The molecule has 5 rings (SSSR count). The number of halogens is 1. The zero-order valence-electron chi connectivity index (χ0n) is 20.4. The van der Waals surface area contributed by atoms with Crippen LogP contribution in [0.25, 0.3) is 16.6 Å². The number of nitrogens with zero attached hydrogens (tertiary/aromatic N) is 7. The normalized spacial score (nSPS) is 17.9. The number of pyridine rings is 1. The third-order valence-corrected chi connectivity index (χ3v) is 8.24. The highest BCUT2D eigenvalue weighted by Gasteiger charge is 2.26. The quantitative estimate of drug-likeness (QED) is 0.356. The monoisotopic (exact) mass is 499 g/mol. The maximum atomic E-state index is 14.7. The Morgan fingerprint density at radius 3 is 2.50 bits per heavy atom. The highest BCUT2D eigenvalue weighted by Crippen LogP contribution is 2.39. The Morgan fingerprint density at radius 2 is 1.81 bits per heavy atom. The molecule has 0 aliphatic heterocycles. The summed E-state index contributed by atoms with van der Waals surface area (Å²) in [6.45, 7) is 2.08. The summed E-state index contributed by atoms with van der Waals surface area (Å²) in [5.41, 5.74) is 4.14. The molecule has 0 spiro atoms. The average molecular weight is 500 g/mol. The van der Waals surface area contributed by atoms with Crippen molar-refractivity contribution >= 4 is 17.3 Å². The molecule has 0 N–H and O–H groups in total. The zero-order valence-corrected chi connectivity index (χ0v) is 21.3. The molecule has 0 unspecified atom stereocenters. The number of nitriles is 2. The predicted molar refractivity (Wildman–Crippen MR) is 136 cm³/mol. The van der Waals surface area contributed by atoms with Crippen LogP contribution in [0.3, 0.4) is 0 Å². The number of aromatic nitrogens is 4. The van der Waals surface area contributed by atoms with Crippen LogP contribution in [0.4, 0.5) is 4.39 Å². The molecule has 9 heteroatoms. The highest BCUT2D eigenvalue weighted by atomic mass is 32.2. The second-order valence-corrected chi connectivity index (χ2v) is 10.5. The third kappa shape index (κ3) is 4.26. The Morgan fingerprint density at radius 1 is 1.06 bits per heavy atom. The summed E-state index contributed by atoms with van der Waals surface area (Å²) < 4.78 is 18.5. The molecule has 0 atom stereocenters. The summed E-state index contributed by atoms with van der Waals surface area (Å²) in [6.07, 6.45) is 9.72. The van der Waals surface area contributed by atoms with E-state index in [1.165, 1.54) is 18.3 Å². The maximum absolute atomic E-state index is 14.7.